The molecule has 0 aliphatic carbocycles. The van der Waals surface area contributed by atoms with Gasteiger partial charge in [-0.15, -0.1) is 11.6 Å². The first-order chi connectivity index (χ1) is 12.4. The van der Waals surface area contributed by atoms with Crippen LogP contribution < -0.4 is 0 Å². The smallest absolute Gasteiger partial charge is 0.243 e. The van der Waals surface area contributed by atoms with Gasteiger partial charge in [-0.25, -0.2) is 8.42 Å². The number of sulfonamides is 1. The summed E-state index contributed by atoms with van der Waals surface area (Å²) in [6, 6.07) is 16.9. The fourth-order valence-electron chi connectivity index (χ4n) is 2.63. The number of benzene rings is 2. The molecule has 4 nitrogen and oxygen atoms in total. The van der Waals surface area contributed by atoms with Crippen LogP contribution in [0.1, 0.15) is 17.5 Å². The van der Waals surface area contributed by atoms with Gasteiger partial charge in [0.1, 0.15) is 0 Å². The van der Waals surface area contributed by atoms with Crippen molar-refractivity contribution in [2.45, 2.75) is 24.3 Å². The molecule has 2 aromatic rings. The number of alkyl halides is 1. The molecule has 0 atom stereocenters. The molecule has 142 valence electrons. The second-order valence-electron chi connectivity index (χ2n) is 6.56. The monoisotopic (exact) mass is 394 g/mol. The average Bonchev–Trinajstić information content (AvgIpc) is 2.64. The lowest BCUT2D eigenvalue weighted by atomic mass is 10.1. The highest BCUT2D eigenvalue weighted by Gasteiger charge is 2.24. The van der Waals surface area contributed by atoms with Crippen LogP contribution in [0.4, 0.5) is 0 Å². The molecule has 0 saturated heterocycles. The molecular formula is C20H27ClN2O2S. The fourth-order valence-corrected chi connectivity index (χ4v) is 4.18. The molecule has 2 aromatic carbocycles. The summed E-state index contributed by atoms with van der Waals surface area (Å²) in [4.78, 5) is 2.32. The van der Waals surface area contributed by atoms with Gasteiger partial charge in [0.15, 0.2) is 0 Å². The SMILES string of the molecule is CN(C)CCN(Cc1ccccc1)S(=O)(=O)c1ccc(CCCCl)cc1. The Morgan fingerprint density at radius 2 is 1.54 bits per heavy atom. The van der Waals surface area contributed by atoms with E-state index in [1.54, 1.807) is 16.4 Å². The molecule has 0 N–H and O–H groups in total. The maximum Gasteiger partial charge on any atom is 0.243 e. The number of likely N-dealkylation sites (N-methyl/N-ethyl adjacent to an activating group) is 1. The first kappa shape index (κ1) is 20.9. The first-order valence-electron chi connectivity index (χ1n) is 8.77. The summed E-state index contributed by atoms with van der Waals surface area (Å²) in [7, 11) is 0.335. The van der Waals surface area contributed by atoms with Gasteiger partial charge in [-0.05, 0) is 50.2 Å². The molecule has 6 heteroatoms. The molecule has 0 unspecified atom stereocenters. The van der Waals surface area contributed by atoms with Crippen LogP contribution in [-0.2, 0) is 23.0 Å². The highest BCUT2D eigenvalue weighted by Crippen LogP contribution is 2.19. The molecule has 0 saturated carbocycles. The van der Waals surface area contributed by atoms with Gasteiger partial charge in [0.2, 0.25) is 10.0 Å². The van der Waals surface area contributed by atoms with Crippen molar-refractivity contribution in [2.75, 3.05) is 33.1 Å². The topological polar surface area (TPSA) is 40.6 Å². The minimum Gasteiger partial charge on any atom is -0.308 e. The van der Waals surface area contributed by atoms with Gasteiger partial charge in [0.25, 0.3) is 0 Å². The van der Waals surface area contributed by atoms with Crippen LogP contribution in [0.25, 0.3) is 0 Å². The van der Waals surface area contributed by atoms with Crippen molar-refractivity contribution in [1.29, 1.82) is 0 Å². The Labute approximate surface area is 162 Å². The van der Waals surface area contributed by atoms with Crippen molar-refractivity contribution in [3.8, 4) is 0 Å². The van der Waals surface area contributed by atoms with E-state index in [0.717, 1.165) is 24.0 Å². The van der Waals surface area contributed by atoms with Crippen LogP contribution in [0.5, 0.6) is 0 Å². The predicted molar refractivity (Wildman–Crippen MR) is 108 cm³/mol. The van der Waals surface area contributed by atoms with Crippen molar-refractivity contribution in [3.63, 3.8) is 0 Å². The van der Waals surface area contributed by atoms with Gasteiger partial charge in [-0.1, -0.05) is 42.5 Å². The molecule has 0 aliphatic rings. The van der Waals surface area contributed by atoms with E-state index in [-0.39, 0.29) is 0 Å². The first-order valence-corrected chi connectivity index (χ1v) is 10.7. The maximum atomic E-state index is 13.2. The van der Waals surface area contributed by atoms with Crippen LogP contribution >= 0.6 is 11.6 Å². The lowest BCUT2D eigenvalue weighted by molar-refractivity contribution is 0.329. The van der Waals surface area contributed by atoms with Crippen molar-refractivity contribution in [1.82, 2.24) is 9.21 Å². The van der Waals surface area contributed by atoms with Crippen LogP contribution in [-0.4, -0.2) is 50.7 Å². The average molecular weight is 395 g/mol. The van der Waals surface area contributed by atoms with E-state index in [9.17, 15) is 8.42 Å². The van der Waals surface area contributed by atoms with Gasteiger partial charge < -0.3 is 4.90 Å². The van der Waals surface area contributed by atoms with E-state index < -0.39 is 10.0 Å². The van der Waals surface area contributed by atoms with E-state index in [4.69, 9.17) is 11.6 Å². The Bertz CT molecular complexity index is 762. The summed E-state index contributed by atoms with van der Waals surface area (Å²) in [6.07, 6.45) is 1.74. The van der Waals surface area contributed by atoms with E-state index in [1.165, 1.54) is 0 Å². The lowest BCUT2D eigenvalue weighted by Crippen LogP contribution is -2.36. The van der Waals surface area contributed by atoms with Crippen LogP contribution in [0.15, 0.2) is 59.5 Å². The standard InChI is InChI=1S/C20H27ClN2O2S/c1-22(2)15-16-23(17-19-7-4-3-5-8-19)26(24,25)20-12-10-18(11-13-20)9-6-14-21/h3-5,7-8,10-13H,6,9,14-17H2,1-2H3. The fraction of sp³-hybridized carbons (Fsp3) is 0.400. The minimum absolute atomic E-state index is 0.335. The Morgan fingerprint density at radius 3 is 2.12 bits per heavy atom. The number of halogens is 1. The highest BCUT2D eigenvalue weighted by atomic mass is 35.5. The summed E-state index contributed by atoms with van der Waals surface area (Å²) < 4.78 is 27.9. The molecule has 0 fully saturated rings. The van der Waals surface area contributed by atoms with Gasteiger partial charge in [-0.3, -0.25) is 0 Å². The second-order valence-corrected chi connectivity index (χ2v) is 8.88. The zero-order chi connectivity index (χ0) is 19.0. The summed E-state index contributed by atoms with van der Waals surface area (Å²) >= 11 is 5.73. The van der Waals surface area contributed by atoms with Crippen LogP contribution in [0.2, 0.25) is 0 Å². The second kappa shape index (κ2) is 10.1. The van der Waals surface area contributed by atoms with Gasteiger partial charge in [0, 0.05) is 25.5 Å². The summed E-state index contributed by atoms with van der Waals surface area (Å²) in [5, 5.41) is 0. The van der Waals surface area contributed by atoms with Crippen LogP contribution in [0, 0.1) is 0 Å². The Balaban J connectivity index is 2.22. The van der Waals surface area contributed by atoms with Gasteiger partial charge in [-0.2, -0.15) is 4.31 Å². The highest BCUT2D eigenvalue weighted by molar-refractivity contribution is 7.89. The van der Waals surface area contributed by atoms with E-state index in [2.05, 4.69) is 0 Å². The summed E-state index contributed by atoms with van der Waals surface area (Å²) in [6.45, 7) is 1.48. The summed E-state index contributed by atoms with van der Waals surface area (Å²) in [5.74, 6) is 0.607. The van der Waals surface area contributed by atoms with Crippen molar-refractivity contribution in [2.24, 2.45) is 0 Å². The van der Waals surface area contributed by atoms with E-state index >= 15 is 0 Å². The summed E-state index contributed by atoms with van der Waals surface area (Å²) in [5.41, 5.74) is 2.08. The van der Waals surface area contributed by atoms with Crippen molar-refractivity contribution >= 4 is 21.6 Å². The van der Waals surface area contributed by atoms with Crippen molar-refractivity contribution in [3.05, 3.63) is 65.7 Å². The molecule has 0 spiro atoms. The molecule has 0 radical (unpaired) electrons. The van der Waals surface area contributed by atoms with Crippen molar-refractivity contribution < 1.29 is 8.42 Å². The lowest BCUT2D eigenvalue weighted by Gasteiger charge is -2.24. The van der Waals surface area contributed by atoms with Gasteiger partial charge in [0.05, 0.1) is 4.90 Å². The number of hydrogen-bond acceptors (Lipinski definition) is 3. The number of hydrogen-bond donors (Lipinski definition) is 0. The van der Waals surface area contributed by atoms with E-state index in [1.807, 2.05) is 61.5 Å². The number of nitrogens with zero attached hydrogens (tertiary/aromatic N) is 2. The third-order valence-corrected chi connectivity index (χ3v) is 6.29. The third kappa shape index (κ3) is 6.09. The quantitative estimate of drug-likeness (QED) is 0.578. The molecule has 0 bridgehead atoms. The Hall–Kier alpha value is -1.40. The molecule has 26 heavy (non-hydrogen) atoms. The maximum absolute atomic E-state index is 13.2. The Kier molecular flexibility index (Phi) is 8.10. The molecular weight excluding hydrogens is 368 g/mol. The van der Waals surface area contributed by atoms with Crippen LogP contribution in [0.3, 0.4) is 0 Å². The molecule has 0 aromatic heterocycles. The van der Waals surface area contributed by atoms with E-state index in [0.29, 0.717) is 30.4 Å². The zero-order valence-electron chi connectivity index (χ0n) is 15.4. The number of rotatable bonds is 10. The molecule has 0 heterocycles. The minimum atomic E-state index is -3.55. The molecule has 0 amide bonds. The normalized spacial score (nSPS) is 12.0. The third-order valence-electron chi connectivity index (χ3n) is 4.16. The number of aryl methyl sites for hydroxylation is 1. The van der Waals surface area contributed by atoms with Gasteiger partial charge >= 0.3 is 0 Å². The molecule has 0 aliphatic heterocycles. The predicted octanol–water partition coefficient (Wildman–Crippen LogP) is 3.61. The zero-order valence-corrected chi connectivity index (χ0v) is 17.0. The Morgan fingerprint density at radius 1 is 0.885 bits per heavy atom. The molecule has 2 rings (SSSR count). The largest absolute Gasteiger partial charge is 0.308 e.